The number of thiophene rings is 1. The maximum Gasteiger partial charge on any atom is 0.341 e. The minimum atomic E-state index is -0.473. The first-order chi connectivity index (χ1) is 8.81. The molecular weight excluding hydrogens is 258 g/mol. The number of hydrogen-bond acceptors (Lipinski definition) is 4. The van der Waals surface area contributed by atoms with Gasteiger partial charge in [-0.25, -0.2) is 4.79 Å². The van der Waals surface area contributed by atoms with E-state index in [9.17, 15) is 4.79 Å². The van der Waals surface area contributed by atoms with Gasteiger partial charge in [0.05, 0.1) is 5.56 Å². The molecule has 0 spiro atoms. The molecule has 0 amide bonds. The Balaban J connectivity index is 2.28. The number of nitrogen functional groups attached to an aromatic ring is 1. The highest BCUT2D eigenvalue weighted by Gasteiger charge is 2.29. The SMILES string of the molecule is CC[C@@H]1CCc2c(sc(N)c2C(=O)OC(C)(C)C)C1. The molecular formula is C15H23NO2S. The third-order valence-corrected chi connectivity index (χ3v) is 4.66. The lowest BCUT2D eigenvalue weighted by molar-refractivity contribution is 0.00698. The van der Waals surface area contributed by atoms with Crippen molar-refractivity contribution >= 4 is 22.3 Å². The number of esters is 1. The van der Waals surface area contributed by atoms with Gasteiger partial charge in [0.25, 0.3) is 0 Å². The summed E-state index contributed by atoms with van der Waals surface area (Å²) in [4.78, 5) is 13.6. The van der Waals surface area contributed by atoms with Crippen molar-refractivity contribution in [3.05, 3.63) is 16.0 Å². The lowest BCUT2D eigenvalue weighted by atomic mass is 9.85. The van der Waals surface area contributed by atoms with E-state index < -0.39 is 5.60 Å². The summed E-state index contributed by atoms with van der Waals surface area (Å²) in [5.41, 5.74) is 7.34. The van der Waals surface area contributed by atoms with Crippen molar-refractivity contribution in [3.63, 3.8) is 0 Å². The Morgan fingerprint density at radius 1 is 1.47 bits per heavy atom. The van der Waals surface area contributed by atoms with Crippen LogP contribution in [-0.4, -0.2) is 11.6 Å². The van der Waals surface area contributed by atoms with Crippen LogP contribution in [0.15, 0.2) is 0 Å². The average Bonchev–Trinajstić information content (AvgIpc) is 2.61. The lowest BCUT2D eigenvalue weighted by Gasteiger charge is -2.23. The fraction of sp³-hybridized carbons (Fsp3) is 0.667. The Morgan fingerprint density at radius 2 is 2.16 bits per heavy atom. The fourth-order valence-corrected chi connectivity index (χ4v) is 3.80. The number of nitrogens with two attached hydrogens (primary N) is 1. The minimum Gasteiger partial charge on any atom is -0.456 e. The molecule has 0 fully saturated rings. The van der Waals surface area contributed by atoms with Gasteiger partial charge in [-0.15, -0.1) is 11.3 Å². The number of rotatable bonds is 2. The van der Waals surface area contributed by atoms with E-state index in [1.165, 1.54) is 11.3 Å². The van der Waals surface area contributed by atoms with Crippen LogP contribution in [0.1, 0.15) is 61.3 Å². The number of carbonyl (C=O) groups is 1. The van der Waals surface area contributed by atoms with Crippen LogP contribution in [0.5, 0.6) is 0 Å². The Kier molecular flexibility index (Phi) is 3.90. The number of anilines is 1. The highest BCUT2D eigenvalue weighted by atomic mass is 32.1. The molecule has 1 aliphatic rings. The van der Waals surface area contributed by atoms with Crippen LogP contribution in [-0.2, 0) is 17.6 Å². The second-order valence-corrected chi connectivity index (χ2v) is 7.40. The molecule has 0 aromatic carbocycles. The first kappa shape index (κ1) is 14.4. The number of ether oxygens (including phenoxy) is 1. The van der Waals surface area contributed by atoms with Crippen molar-refractivity contribution in [2.75, 3.05) is 5.73 Å². The van der Waals surface area contributed by atoms with Gasteiger partial charge in [0, 0.05) is 4.88 Å². The zero-order valence-electron chi connectivity index (χ0n) is 12.2. The van der Waals surface area contributed by atoms with E-state index in [1.807, 2.05) is 20.8 Å². The predicted molar refractivity (Wildman–Crippen MR) is 79.7 cm³/mol. The minimum absolute atomic E-state index is 0.266. The molecule has 0 unspecified atom stereocenters. The Labute approximate surface area is 119 Å². The molecule has 19 heavy (non-hydrogen) atoms. The summed E-state index contributed by atoms with van der Waals surface area (Å²) < 4.78 is 5.47. The van der Waals surface area contributed by atoms with E-state index in [2.05, 4.69) is 6.92 Å². The van der Waals surface area contributed by atoms with E-state index in [0.717, 1.165) is 30.7 Å². The van der Waals surface area contributed by atoms with Crippen molar-refractivity contribution in [1.82, 2.24) is 0 Å². The second kappa shape index (κ2) is 5.16. The molecule has 2 rings (SSSR count). The molecule has 0 saturated heterocycles. The van der Waals surface area contributed by atoms with Crippen molar-refractivity contribution in [1.29, 1.82) is 0 Å². The summed E-state index contributed by atoms with van der Waals surface area (Å²) in [6, 6.07) is 0. The molecule has 0 radical (unpaired) electrons. The molecule has 1 aromatic heterocycles. The van der Waals surface area contributed by atoms with Crippen LogP contribution in [0.3, 0.4) is 0 Å². The summed E-state index contributed by atoms with van der Waals surface area (Å²) in [6.45, 7) is 7.87. The monoisotopic (exact) mass is 281 g/mol. The van der Waals surface area contributed by atoms with Crippen LogP contribution < -0.4 is 5.73 Å². The van der Waals surface area contributed by atoms with Gasteiger partial charge >= 0.3 is 5.97 Å². The fourth-order valence-electron chi connectivity index (χ4n) is 2.58. The van der Waals surface area contributed by atoms with Crippen molar-refractivity contribution in [2.24, 2.45) is 5.92 Å². The highest BCUT2D eigenvalue weighted by molar-refractivity contribution is 7.16. The summed E-state index contributed by atoms with van der Waals surface area (Å²) in [7, 11) is 0. The second-order valence-electron chi connectivity index (χ2n) is 6.26. The first-order valence-corrected chi connectivity index (χ1v) is 7.76. The van der Waals surface area contributed by atoms with Crippen molar-refractivity contribution < 1.29 is 9.53 Å². The molecule has 1 atom stereocenters. The van der Waals surface area contributed by atoms with E-state index >= 15 is 0 Å². The van der Waals surface area contributed by atoms with Crippen molar-refractivity contribution in [3.8, 4) is 0 Å². The normalized spacial score (nSPS) is 19.1. The summed E-state index contributed by atoms with van der Waals surface area (Å²) in [5.74, 6) is 0.467. The summed E-state index contributed by atoms with van der Waals surface area (Å²) >= 11 is 1.57. The zero-order chi connectivity index (χ0) is 14.2. The van der Waals surface area contributed by atoms with E-state index in [1.54, 1.807) is 11.3 Å². The zero-order valence-corrected chi connectivity index (χ0v) is 13.0. The van der Waals surface area contributed by atoms with Gasteiger partial charge in [0.2, 0.25) is 0 Å². The van der Waals surface area contributed by atoms with Gasteiger partial charge in [0.1, 0.15) is 10.6 Å². The average molecular weight is 281 g/mol. The smallest absolute Gasteiger partial charge is 0.341 e. The summed E-state index contributed by atoms with van der Waals surface area (Å²) in [6.07, 6.45) is 4.36. The lowest BCUT2D eigenvalue weighted by Crippen LogP contribution is -2.25. The molecule has 1 aliphatic carbocycles. The number of carbonyl (C=O) groups excluding carboxylic acids is 1. The number of fused-ring (bicyclic) bond motifs is 1. The van der Waals surface area contributed by atoms with E-state index in [0.29, 0.717) is 10.6 Å². The van der Waals surface area contributed by atoms with Crippen LogP contribution in [0.25, 0.3) is 0 Å². The largest absolute Gasteiger partial charge is 0.456 e. The number of hydrogen-bond donors (Lipinski definition) is 1. The molecule has 0 saturated carbocycles. The molecule has 0 aliphatic heterocycles. The Morgan fingerprint density at radius 3 is 2.74 bits per heavy atom. The van der Waals surface area contributed by atoms with Crippen LogP contribution in [0.4, 0.5) is 5.00 Å². The predicted octanol–water partition coefficient (Wildman–Crippen LogP) is 3.80. The standard InChI is InChI=1S/C15H23NO2S/c1-5-9-6-7-10-11(8-9)19-13(16)12(10)14(17)18-15(2,3)4/h9H,5-8,16H2,1-4H3/t9-/m1/s1. The molecule has 4 heteroatoms. The van der Waals surface area contributed by atoms with Gasteiger partial charge in [-0.2, -0.15) is 0 Å². The maximum absolute atomic E-state index is 12.3. The van der Waals surface area contributed by atoms with Crippen molar-refractivity contribution in [2.45, 2.75) is 59.0 Å². The van der Waals surface area contributed by atoms with Gasteiger partial charge < -0.3 is 10.5 Å². The van der Waals surface area contributed by atoms with Crippen LogP contribution >= 0.6 is 11.3 Å². The molecule has 0 bridgehead atoms. The quantitative estimate of drug-likeness (QED) is 0.839. The summed E-state index contributed by atoms with van der Waals surface area (Å²) in [5, 5.41) is 0.621. The first-order valence-electron chi connectivity index (χ1n) is 6.95. The third-order valence-electron chi connectivity index (χ3n) is 3.57. The van der Waals surface area contributed by atoms with E-state index in [4.69, 9.17) is 10.5 Å². The Hall–Kier alpha value is -1.03. The van der Waals surface area contributed by atoms with Gasteiger partial charge in [-0.1, -0.05) is 13.3 Å². The van der Waals surface area contributed by atoms with Gasteiger partial charge in [0.15, 0.2) is 0 Å². The van der Waals surface area contributed by atoms with Gasteiger partial charge in [-0.3, -0.25) is 0 Å². The van der Waals surface area contributed by atoms with Gasteiger partial charge in [-0.05, 0) is 51.5 Å². The van der Waals surface area contributed by atoms with Crippen LogP contribution in [0.2, 0.25) is 0 Å². The Bertz CT molecular complexity index is 485. The topological polar surface area (TPSA) is 52.3 Å². The highest BCUT2D eigenvalue weighted by Crippen LogP contribution is 2.39. The molecule has 2 N–H and O–H groups in total. The van der Waals surface area contributed by atoms with E-state index in [-0.39, 0.29) is 5.97 Å². The molecule has 1 heterocycles. The third kappa shape index (κ3) is 3.11. The molecule has 1 aromatic rings. The maximum atomic E-state index is 12.3. The molecule has 3 nitrogen and oxygen atoms in total. The molecule has 106 valence electrons. The van der Waals surface area contributed by atoms with Crippen LogP contribution in [0, 0.1) is 5.92 Å².